The van der Waals surface area contributed by atoms with E-state index >= 15 is 0 Å². The highest BCUT2D eigenvalue weighted by Gasteiger charge is 2.30. The number of nitrogens with one attached hydrogen (secondary N) is 1. The number of rotatable bonds is 7. The molecule has 4 N–H and O–H groups in total. The van der Waals surface area contributed by atoms with E-state index in [-0.39, 0.29) is 17.7 Å². The highest BCUT2D eigenvalue weighted by atomic mass is 16.5. The van der Waals surface area contributed by atoms with Crippen LogP contribution in [-0.2, 0) is 35.3 Å². The van der Waals surface area contributed by atoms with E-state index in [4.69, 9.17) is 19.9 Å². The van der Waals surface area contributed by atoms with Crippen molar-refractivity contribution in [3.05, 3.63) is 118 Å². The van der Waals surface area contributed by atoms with Crippen LogP contribution in [0.5, 0.6) is 0 Å². The van der Waals surface area contributed by atoms with Crippen LogP contribution >= 0.6 is 0 Å². The van der Waals surface area contributed by atoms with Crippen molar-refractivity contribution in [2.45, 2.75) is 78.1 Å². The average molecular weight is 715 g/mol. The summed E-state index contributed by atoms with van der Waals surface area (Å²) in [5.41, 5.74) is 14.9. The molecule has 0 aliphatic heterocycles. The largest absolute Gasteiger partial charge is 0.481 e. The summed E-state index contributed by atoms with van der Waals surface area (Å²) < 4.78 is 10.3. The molecule has 2 aromatic carbocycles. The molecule has 272 valence electrons. The van der Waals surface area contributed by atoms with Crippen molar-refractivity contribution in [2.24, 2.45) is 0 Å². The van der Waals surface area contributed by atoms with Gasteiger partial charge in [-0.3, -0.25) is 19.6 Å². The second-order valence-corrected chi connectivity index (χ2v) is 13.0. The van der Waals surface area contributed by atoms with Crippen LogP contribution in [0.4, 0.5) is 11.4 Å². The maximum atomic E-state index is 12.7. The molecule has 2 aliphatic carbocycles. The fourth-order valence-electron chi connectivity index (χ4n) is 6.49. The predicted octanol–water partition coefficient (Wildman–Crippen LogP) is 7.06. The first-order valence-electron chi connectivity index (χ1n) is 17.7. The molecule has 1 amide bonds. The van der Waals surface area contributed by atoms with Gasteiger partial charge in [0, 0.05) is 59.1 Å². The lowest BCUT2D eigenvalue weighted by molar-refractivity contribution is -0.138. The van der Waals surface area contributed by atoms with E-state index in [1.807, 2.05) is 76.2 Å². The van der Waals surface area contributed by atoms with Crippen LogP contribution < -0.4 is 11.1 Å². The molecule has 8 rings (SSSR count). The Balaban J connectivity index is 0.000000155. The Morgan fingerprint density at radius 2 is 1.28 bits per heavy atom. The van der Waals surface area contributed by atoms with E-state index in [1.54, 1.807) is 18.5 Å². The number of aryl methyl sites for hydroxylation is 6. The number of nitrogens with two attached hydrogens (primary N) is 1. The SMILES string of the molecule is CCc1nc(-c2ccc3c(c2)CCC3C(=O)Nc2ccnc(C)c2)no1.CCc1nc(-c2ccc3c(c2)CCC3C(=O)O)no1.Cc1cc(N)ccn1. The minimum absolute atomic E-state index is 0.0231. The van der Waals surface area contributed by atoms with Gasteiger partial charge in [0.25, 0.3) is 0 Å². The summed E-state index contributed by atoms with van der Waals surface area (Å²) in [6, 6.07) is 19.1. The number of fused-ring (bicyclic) bond motifs is 2. The third-order valence-corrected chi connectivity index (χ3v) is 9.20. The molecule has 0 fully saturated rings. The molecule has 6 aromatic rings. The molecule has 0 bridgehead atoms. The molecule has 13 nitrogen and oxygen atoms in total. The van der Waals surface area contributed by atoms with E-state index < -0.39 is 5.97 Å². The zero-order valence-electron chi connectivity index (χ0n) is 30.2. The number of aromatic nitrogens is 6. The monoisotopic (exact) mass is 714 g/mol. The number of carbonyl (C=O) groups excluding carboxylic acids is 1. The molecule has 2 aliphatic rings. The maximum absolute atomic E-state index is 12.7. The molecule has 0 spiro atoms. The van der Waals surface area contributed by atoms with Crippen LogP contribution in [-0.4, -0.2) is 47.2 Å². The van der Waals surface area contributed by atoms with E-state index in [1.165, 1.54) is 5.56 Å². The Bertz CT molecular complexity index is 2210. The molecule has 4 aromatic heterocycles. The van der Waals surface area contributed by atoms with Crippen molar-refractivity contribution in [1.82, 2.24) is 30.2 Å². The topological polar surface area (TPSA) is 196 Å². The van der Waals surface area contributed by atoms with E-state index in [0.717, 1.165) is 69.8 Å². The number of benzene rings is 2. The van der Waals surface area contributed by atoms with Crippen molar-refractivity contribution in [1.29, 1.82) is 0 Å². The summed E-state index contributed by atoms with van der Waals surface area (Å²) in [6.07, 6.45) is 7.96. The molecular formula is C40H42N8O5. The Labute approximate surface area is 307 Å². The van der Waals surface area contributed by atoms with E-state index in [9.17, 15) is 9.59 Å². The summed E-state index contributed by atoms with van der Waals surface area (Å²) in [5.74, 6) is 1.17. The number of nitrogen functional groups attached to an aromatic ring is 1. The van der Waals surface area contributed by atoms with Crippen LogP contribution in [0.25, 0.3) is 22.8 Å². The van der Waals surface area contributed by atoms with Gasteiger partial charge in [0.2, 0.25) is 29.3 Å². The summed E-state index contributed by atoms with van der Waals surface area (Å²) in [5, 5.41) is 20.1. The molecule has 2 atom stereocenters. The molecule has 13 heteroatoms. The molecule has 0 saturated heterocycles. The Hall–Kier alpha value is -6.24. The van der Waals surface area contributed by atoms with Crippen molar-refractivity contribution in [3.63, 3.8) is 0 Å². The predicted molar refractivity (Wildman–Crippen MR) is 199 cm³/mol. The normalized spacial score (nSPS) is 15.3. The lowest BCUT2D eigenvalue weighted by Crippen LogP contribution is -2.19. The number of nitrogens with zero attached hydrogens (tertiary/aromatic N) is 6. The van der Waals surface area contributed by atoms with Gasteiger partial charge in [0.1, 0.15) is 0 Å². The van der Waals surface area contributed by atoms with Crippen LogP contribution in [0, 0.1) is 13.8 Å². The number of hydrogen-bond acceptors (Lipinski definition) is 11. The Kier molecular flexibility index (Phi) is 11.3. The van der Waals surface area contributed by atoms with Gasteiger partial charge in [0.05, 0.1) is 11.8 Å². The summed E-state index contributed by atoms with van der Waals surface area (Å²) in [7, 11) is 0. The second kappa shape index (κ2) is 16.4. The Morgan fingerprint density at radius 3 is 1.75 bits per heavy atom. The molecule has 0 saturated carbocycles. The number of anilines is 2. The molecule has 0 radical (unpaired) electrons. The first kappa shape index (κ1) is 36.5. The first-order chi connectivity index (χ1) is 25.6. The number of hydrogen-bond donors (Lipinski definition) is 3. The number of pyridine rings is 2. The van der Waals surface area contributed by atoms with Gasteiger partial charge in [0.15, 0.2) is 0 Å². The Morgan fingerprint density at radius 1 is 0.755 bits per heavy atom. The van der Waals surface area contributed by atoms with E-state index in [2.05, 4.69) is 41.6 Å². The summed E-state index contributed by atoms with van der Waals surface area (Å²) in [6.45, 7) is 7.76. The second-order valence-electron chi connectivity index (χ2n) is 13.0. The number of carboxylic acid groups (broad SMARTS) is 1. The minimum atomic E-state index is -0.751. The fraction of sp³-hybridized carbons (Fsp3) is 0.300. The van der Waals surface area contributed by atoms with Gasteiger partial charge < -0.3 is 25.2 Å². The molecular weight excluding hydrogens is 672 g/mol. The zero-order chi connectivity index (χ0) is 37.5. The first-order valence-corrected chi connectivity index (χ1v) is 17.7. The van der Waals surface area contributed by atoms with Crippen molar-refractivity contribution < 1.29 is 23.7 Å². The number of amides is 1. The highest BCUT2D eigenvalue weighted by molar-refractivity contribution is 5.96. The summed E-state index contributed by atoms with van der Waals surface area (Å²) in [4.78, 5) is 40.6. The fourth-order valence-corrected chi connectivity index (χ4v) is 6.49. The van der Waals surface area contributed by atoms with Crippen molar-refractivity contribution in [2.75, 3.05) is 11.1 Å². The van der Waals surface area contributed by atoms with Gasteiger partial charge in [-0.2, -0.15) is 9.97 Å². The standard InChI is InChI=1S/C20H20N4O2.C14H14N2O3.C6H8N2/c1-3-18-23-19(24-26-18)14-5-6-16-13(11-14)4-7-17(16)20(25)22-15-8-9-21-12(2)10-15;1-2-12-15-13(16-19-12)9-4-5-10-8(7-9)3-6-11(10)14(17)18;1-5-4-6(7)2-3-8-5/h5-6,8-11,17H,3-4,7H2,1-2H3,(H,21,22,25);4-5,7,11H,2-3,6H2,1H3,(H,17,18);2-4H,1H3,(H2,7,8). The van der Waals surface area contributed by atoms with Gasteiger partial charge in [-0.15, -0.1) is 0 Å². The summed E-state index contributed by atoms with van der Waals surface area (Å²) >= 11 is 0. The smallest absolute Gasteiger partial charge is 0.310 e. The van der Waals surface area contributed by atoms with Crippen LogP contribution in [0.3, 0.4) is 0 Å². The third kappa shape index (κ3) is 8.80. The lowest BCUT2D eigenvalue weighted by atomic mass is 9.98. The molecule has 53 heavy (non-hydrogen) atoms. The quantitative estimate of drug-likeness (QED) is 0.153. The lowest BCUT2D eigenvalue weighted by Gasteiger charge is -2.13. The van der Waals surface area contributed by atoms with Crippen LogP contribution in [0.1, 0.15) is 83.9 Å². The van der Waals surface area contributed by atoms with Gasteiger partial charge >= 0.3 is 5.97 Å². The van der Waals surface area contributed by atoms with Crippen molar-refractivity contribution in [3.8, 4) is 22.8 Å². The van der Waals surface area contributed by atoms with Gasteiger partial charge in [-0.05, 0) is 98.2 Å². The van der Waals surface area contributed by atoms with Crippen LogP contribution in [0.2, 0.25) is 0 Å². The number of carbonyl (C=O) groups is 2. The molecule has 4 heterocycles. The van der Waals surface area contributed by atoms with Crippen molar-refractivity contribution >= 4 is 23.3 Å². The number of aliphatic carboxylic acids is 1. The van der Waals surface area contributed by atoms with Gasteiger partial charge in [-0.1, -0.05) is 48.4 Å². The van der Waals surface area contributed by atoms with Gasteiger partial charge in [-0.25, -0.2) is 0 Å². The van der Waals surface area contributed by atoms with Crippen LogP contribution in [0.15, 0.2) is 82.1 Å². The third-order valence-electron chi connectivity index (χ3n) is 9.20. The average Bonchev–Trinajstić information content (AvgIpc) is 3.97. The zero-order valence-corrected chi connectivity index (χ0v) is 30.2. The maximum Gasteiger partial charge on any atom is 0.310 e. The molecule has 2 unspecified atom stereocenters. The minimum Gasteiger partial charge on any atom is -0.481 e. The van der Waals surface area contributed by atoms with E-state index in [0.29, 0.717) is 42.7 Å². The number of carboxylic acids is 1. The highest BCUT2D eigenvalue weighted by Crippen LogP contribution is 2.37.